The van der Waals surface area contributed by atoms with E-state index in [2.05, 4.69) is 19.9 Å². The van der Waals surface area contributed by atoms with E-state index in [-0.39, 0.29) is 0 Å². The predicted molar refractivity (Wildman–Crippen MR) is 38.1 cm³/mol. The van der Waals surface area contributed by atoms with Crippen molar-refractivity contribution in [1.29, 1.82) is 0 Å². The van der Waals surface area contributed by atoms with Crippen molar-refractivity contribution in [1.82, 2.24) is 0 Å². The van der Waals surface area contributed by atoms with Crippen LogP contribution in [-0.2, 0) is 4.74 Å². The second-order valence-electron chi connectivity index (χ2n) is 2.67. The molecule has 1 aliphatic heterocycles. The molecule has 0 aromatic carbocycles. The van der Waals surface area contributed by atoms with E-state index in [1.807, 2.05) is 6.26 Å². The summed E-state index contributed by atoms with van der Waals surface area (Å²) in [6, 6.07) is 0. The van der Waals surface area contributed by atoms with Crippen molar-refractivity contribution in [2.24, 2.45) is 5.92 Å². The van der Waals surface area contributed by atoms with E-state index >= 15 is 0 Å². The zero-order valence-corrected chi connectivity index (χ0v) is 6.13. The van der Waals surface area contributed by atoms with Crippen LogP contribution in [0.3, 0.4) is 0 Å². The highest BCUT2D eigenvalue weighted by Gasteiger charge is 2.16. The van der Waals surface area contributed by atoms with Gasteiger partial charge in [-0.1, -0.05) is 13.8 Å². The summed E-state index contributed by atoms with van der Waals surface area (Å²) in [4.78, 5) is 0. The molecule has 0 aromatic heterocycles. The fourth-order valence-corrected chi connectivity index (χ4v) is 1.21. The Morgan fingerprint density at radius 2 is 2.44 bits per heavy atom. The van der Waals surface area contributed by atoms with Gasteiger partial charge < -0.3 is 4.74 Å². The van der Waals surface area contributed by atoms with Gasteiger partial charge >= 0.3 is 0 Å². The van der Waals surface area contributed by atoms with Gasteiger partial charge in [-0.15, -0.1) is 0 Å². The third-order valence-corrected chi connectivity index (χ3v) is 1.89. The molecule has 1 rings (SSSR count). The van der Waals surface area contributed by atoms with E-state index in [1.54, 1.807) is 0 Å². The van der Waals surface area contributed by atoms with E-state index in [1.165, 1.54) is 6.42 Å². The van der Waals surface area contributed by atoms with E-state index in [0.29, 0.717) is 12.0 Å². The minimum atomic E-state index is 0.468. The average molecular weight is 126 g/mol. The molecule has 0 saturated carbocycles. The summed E-state index contributed by atoms with van der Waals surface area (Å²) in [5.74, 6) is 0.708. The minimum absolute atomic E-state index is 0.468. The standard InChI is InChI=1S/C8H14O/c1-3-8-7(2)5-4-6-9-8/h4,6-8H,3,5H2,1-2H3/t7-,8?/m0/s1. The van der Waals surface area contributed by atoms with Crippen LogP contribution in [0.2, 0.25) is 0 Å². The first-order chi connectivity index (χ1) is 4.34. The first-order valence-electron chi connectivity index (χ1n) is 3.65. The highest BCUT2D eigenvalue weighted by Crippen LogP contribution is 2.19. The number of ether oxygens (including phenoxy) is 1. The lowest BCUT2D eigenvalue weighted by Gasteiger charge is -2.24. The Labute approximate surface area is 56.7 Å². The van der Waals surface area contributed by atoms with Crippen LogP contribution >= 0.6 is 0 Å². The Balaban J connectivity index is 2.43. The van der Waals surface area contributed by atoms with Gasteiger partial charge in [-0.25, -0.2) is 0 Å². The predicted octanol–water partition coefficient (Wildman–Crippen LogP) is 2.34. The lowest BCUT2D eigenvalue weighted by molar-refractivity contribution is 0.0769. The minimum Gasteiger partial charge on any atom is -0.498 e. The van der Waals surface area contributed by atoms with E-state index in [4.69, 9.17) is 4.74 Å². The zero-order chi connectivity index (χ0) is 6.69. The van der Waals surface area contributed by atoms with Crippen LogP contribution in [-0.4, -0.2) is 6.10 Å². The van der Waals surface area contributed by atoms with Crippen molar-refractivity contribution in [2.45, 2.75) is 32.8 Å². The second-order valence-corrected chi connectivity index (χ2v) is 2.67. The molecule has 9 heavy (non-hydrogen) atoms. The number of hydrogen-bond donors (Lipinski definition) is 0. The molecule has 0 aromatic rings. The number of rotatable bonds is 1. The maximum Gasteiger partial charge on any atom is 0.100 e. The zero-order valence-electron chi connectivity index (χ0n) is 6.13. The van der Waals surface area contributed by atoms with Gasteiger partial charge in [0, 0.05) is 0 Å². The molecule has 0 spiro atoms. The maximum absolute atomic E-state index is 5.36. The van der Waals surface area contributed by atoms with Gasteiger partial charge in [0.1, 0.15) is 6.10 Å². The molecule has 1 unspecified atom stereocenters. The topological polar surface area (TPSA) is 9.23 Å². The molecule has 0 N–H and O–H groups in total. The Morgan fingerprint density at radius 3 is 2.89 bits per heavy atom. The van der Waals surface area contributed by atoms with Crippen LogP contribution in [0.4, 0.5) is 0 Å². The molecular weight excluding hydrogens is 112 g/mol. The summed E-state index contributed by atoms with van der Waals surface area (Å²) in [6.45, 7) is 4.40. The summed E-state index contributed by atoms with van der Waals surface area (Å²) in [6.07, 6.45) is 6.70. The Morgan fingerprint density at radius 1 is 1.67 bits per heavy atom. The first-order valence-corrected chi connectivity index (χ1v) is 3.65. The highest BCUT2D eigenvalue weighted by molar-refractivity contribution is 4.85. The lowest BCUT2D eigenvalue weighted by Crippen LogP contribution is -2.20. The van der Waals surface area contributed by atoms with Crippen molar-refractivity contribution < 1.29 is 4.74 Å². The van der Waals surface area contributed by atoms with Gasteiger partial charge in [0.25, 0.3) is 0 Å². The van der Waals surface area contributed by atoms with Crippen molar-refractivity contribution in [2.75, 3.05) is 0 Å². The lowest BCUT2D eigenvalue weighted by atomic mass is 9.97. The molecule has 1 heteroatoms. The fraction of sp³-hybridized carbons (Fsp3) is 0.750. The Bertz CT molecular complexity index is 107. The van der Waals surface area contributed by atoms with Crippen LogP contribution in [0.25, 0.3) is 0 Å². The van der Waals surface area contributed by atoms with Gasteiger partial charge in [0.15, 0.2) is 0 Å². The molecule has 0 fully saturated rings. The third-order valence-electron chi connectivity index (χ3n) is 1.89. The normalized spacial score (nSPS) is 34.0. The van der Waals surface area contributed by atoms with Crippen molar-refractivity contribution in [3.63, 3.8) is 0 Å². The first kappa shape index (κ1) is 6.66. The summed E-state index contributed by atoms with van der Waals surface area (Å²) in [5.41, 5.74) is 0. The molecule has 1 aliphatic rings. The second kappa shape index (κ2) is 2.90. The quantitative estimate of drug-likeness (QED) is 0.524. The molecule has 0 amide bonds. The van der Waals surface area contributed by atoms with Gasteiger partial charge in [-0.2, -0.15) is 0 Å². The summed E-state index contributed by atoms with van der Waals surface area (Å²) in [5, 5.41) is 0. The molecule has 0 saturated heterocycles. The molecule has 2 atom stereocenters. The van der Waals surface area contributed by atoms with Crippen LogP contribution in [0, 0.1) is 5.92 Å². The van der Waals surface area contributed by atoms with E-state index < -0.39 is 0 Å². The molecule has 0 aliphatic carbocycles. The van der Waals surface area contributed by atoms with Crippen LogP contribution in [0.15, 0.2) is 12.3 Å². The van der Waals surface area contributed by atoms with Crippen LogP contribution in [0.5, 0.6) is 0 Å². The SMILES string of the molecule is CCC1OC=CC[C@@H]1C. The van der Waals surface area contributed by atoms with Gasteiger partial charge in [0.05, 0.1) is 6.26 Å². The van der Waals surface area contributed by atoms with E-state index in [0.717, 1.165) is 6.42 Å². The van der Waals surface area contributed by atoms with Gasteiger partial charge in [-0.3, -0.25) is 0 Å². The molecule has 1 heterocycles. The highest BCUT2D eigenvalue weighted by atomic mass is 16.5. The largest absolute Gasteiger partial charge is 0.498 e. The monoisotopic (exact) mass is 126 g/mol. The molecular formula is C8H14O. The molecule has 0 radical (unpaired) electrons. The third kappa shape index (κ3) is 1.47. The summed E-state index contributed by atoms with van der Waals surface area (Å²) < 4.78 is 5.36. The number of hydrogen-bond acceptors (Lipinski definition) is 1. The molecule has 0 bridgehead atoms. The smallest absolute Gasteiger partial charge is 0.100 e. The number of allylic oxidation sites excluding steroid dienone is 1. The van der Waals surface area contributed by atoms with Crippen LogP contribution < -0.4 is 0 Å². The van der Waals surface area contributed by atoms with Crippen LogP contribution in [0.1, 0.15) is 26.7 Å². The Kier molecular flexibility index (Phi) is 2.15. The van der Waals surface area contributed by atoms with Crippen molar-refractivity contribution >= 4 is 0 Å². The average Bonchev–Trinajstić information content (AvgIpc) is 1.89. The molecule has 52 valence electrons. The maximum atomic E-state index is 5.36. The summed E-state index contributed by atoms with van der Waals surface area (Å²) >= 11 is 0. The summed E-state index contributed by atoms with van der Waals surface area (Å²) in [7, 11) is 0. The fourth-order valence-electron chi connectivity index (χ4n) is 1.21. The van der Waals surface area contributed by atoms with E-state index in [9.17, 15) is 0 Å². The Hall–Kier alpha value is -0.460. The molecule has 1 nitrogen and oxygen atoms in total. The van der Waals surface area contributed by atoms with Gasteiger partial charge in [-0.05, 0) is 24.8 Å². The van der Waals surface area contributed by atoms with Crippen molar-refractivity contribution in [3.8, 4) is 0 Å². The van der Waals surface area contributed by atoms with Gasteiger partial charge in [0.2, 0.25) is 0 Å². The van der Waals surface area contributed by atoms with Crippen molar-refractivity contribution in [3.05, 3.63) is 12.3 Å².